The molecule has 0 saturated carbocycles. The lowest BCUT2D eigenvalue weighted by molar-refractivity contribution is 0.0988. The maximum Gasteiger partial charge on any atom is 0.264 e. The molecule has 0 saturated heterocycles. The van der Waals surface area contributed by atoms with Crippen molar-refractivity contribution >= 4 is 27.3 Å². The highest BCUT2D eigenvalue weighted by Crippen LogP contribution is 2.27. The SMILES string of the molecule is CCN(C(=O)c1cccc(S(=O)(=O)N(C)c2ccc(OC)cc2)c1)c1cc(C)ccc1C. The lowest BCUT2D eigenvalue weighted by Gasteiger charge is -2.24. The number of ether oxygens (including phenoxy) is 1. The smallest absolute Gasteiger partial charge is 0.264 e. The summed E-state index contributed by atoms with van der Waals surface area (Å²) >= 11 is 0. The van der Waals surface area contributed by atoms with Crippen molar-refractivity contribution < 1.29 is 17.9 Å². The Bertz CT molecular complexity index is 1220. The summed E-state index contributed by atoms with van der Waals surface area (Å²) in [4.78, 5) is 15.1. The molecule has 0 unspecified atom stereocenters. The molecule has 0 aliphatic heterocycles. The van der Waals surface area contributed by atoms with Crippen LogP contribution in [-0.4, -0.2) is 35.0 Å². The first-order chi connectivity index (χ1) is 15.2. The topological polar surface area (TPSA) is 66.9 Å². The van der Waals surface area contributed by atoms with E-state index in [1.165, 1.54) is 23.5 Å². The van der Waals surface area contributed by atoms with Gasteiger partial charge in [-0.05, 0) is 80.4 Å². The van der Waals surface area contributed by atoms with Gasteiger partial charge in [0.2, 0.25) is 0 Å². The predicted molar refractivity (Wildman–Crippen MR) is 128 cm³/mol. The summed E-state index contributed by atoms with van der Waals surface area (Å²) in [6.45, 7) is 6.29. The van der Waals surface area contributed by atoms with Gasteiger partial charge in [0.1, 0.15) is 5.75 Å². The Morgan fingerprint density at radius 2 is 1.66 bits per heavy atom. The average Bonchev–Trinajstić information content (AvgIpc) is 2.81. The molecule has 0 radical (unpaired) electrons. The summed E-state index contributed by atoms with van der Waals surface area (Å²) in [6, 6.07) is 18.9. The molecule has 7 heteroatoms. The molecule has 0 aromatic heterocycles. The van der Waals surface area contributed by atoms with Gasteiger partial charge in [0.05, 0.1) is 17.7 Å². The molecule has 3 aromatic carbocycles. The first-order valence-corrected chi connectivity index (χ1v) is 11.7. The molecule has 3 rings (SSSR count). The molecular formula is C25H28N2O4S. The van der Waals surface area contributed by atoms with Crippen LogP contribution < -0.4 is 13.9 Å². The van der Waals surface area contributed by atoms with Crippen molar-refractivity contribution in [2.24, 2.45) is 0 Å². The van der Waals surface area contributed by atoms with Gasteiger partial charge in [0, 0.05) is 24.8 Å². The Balaban J connectivity index is 1.95. The van der Waals surface area contributed by atoms with Crippen molar-refractivity contribution in [3.05, 3.63) is 83.4 Å². The van der Waals surface area contributed by atoms with E-state index in [2.05, 4.69) is 0 Å². The molecule has 0 heterocycles. The van der Waals surface area contributed by atoms with Gasteiger partial charge in [-0.15, -0.1) is 0 Å². The van der Waals surface area contributed by atoms with E-state index < -0.39 is 10.0 Å². The van der Waals surface area contributed by atoms with E-state index in [0.29, 0.717) is 23.5 Å². The normalized spacial score (nSPS) is 11.2. The third-order valence-electron chi connectivity index (χ3n) is 5.39. The molecule has 0 spiro atoms. The number of carbonyl (C=O) groups is 1. The molecular weight excluding hydrogens is 424 g/mol. The van der Waals surface area contributed by atoms with Crippen molar-refractivity contribution in [2.45, 2.75) is 25.7 Å². The Labute approximate surface area is 190 Å². The second-order valence-electron chi connectivity index (χ2n) is 7.54. The molecule has 3 aromatic rings. The fourth-order valence-corrected chi connectivity index (χ4v) is 4.71. The largest absolute Gasteiger partial charge is 0.497 e. The van der Waals surface area contributed by atoms with Crippen molar-refractivity contribution in [2.75, 3.05) is 29.9 Å². The summed E-state index contributed by atoms with van der Waals surface area (Å²) in [5.41, 5.74) is 3.66. The zero-order valence-corrected chi connectivity index (χ0v) is 19.8. The molecule has 0 atom stereocenters. The average molecular weight is 453 g/mol. The molecule has 168 valence electrons. The number of methoxy groups -OCH3 is 1. The predicted octanol–water partition coefficient (Wildman–Crippen LogP) is 4.80. The summed E-state index contributed by atoms with van der Waals surface area (Å²) < 4.78 is 32.8. The van der Waals surface area contributed by atoms with Gasteiger partial charge < -0.3 is 9.64 Å². The maximum atomic E-state index is 13.3. The van der Waals surface area contributed by atoms with Crippen LogP contribution in [0.15, 0.2) is 71.6 Å². The lowest BCUT2D eigenvalue weighted by atomic mass is 10.1. The Kier molecular flexibility index (Phi) is 6.89. The first-order valence-electron chi connectivity index (χ1n) is 10.3. The number of aryl methyl sites for hydroxylation is 2. The molecule has 0 aliphatic rings. The van der Waals surface area contributed by atoms with Crippen LogP contribution in [-0.2, 0) is 10.0 Å². The monoisotopic (exact) mass is 452 g/mol. The van der Waals surface area contributed by atoms with Crippen molar-refractivity contribution in [3.63, 3.8) is 0 Å². The van der Waals surface area contributed by atoms with Crippen molar-refractivity contribution in [1.82, 2.24) is 0 Å². The molecule has 0 N–H and O–H groups in total. The number of anilines is 2. The van der Waals surface area contributed by atoms with E-state index in [1.54, 1.807) is 48.4 Å². The van der Waals surface area contributed by atoms with E-state index in [4.69, 9.17) is 4.74 Å². The van der Waals surface area contributed by atoms with Crippen LogP contribution in [0.2, 0.25) is 0 Å². The number of benzene rings is 3. The number of sulfonamides is 1. The minimum Gasteiger partial charge on any atom is -0.497 e. The number of carbonyl (C=O) groups excluding carboxylic acids is 1. The van der Waals surface area contributed by atoms with Gasteiger partial charge in [-0.25, -0.2) is 8.42 Å². The fraction of sp³-hybridized carbons (Fsp3) is 0.240. The van der Waals surface area contributed by atoms with Crippen LogP contribution in [0.3, 0.4) is 0 Å². The summed E-state index contributed by atoms with van der Waals surface area (Å²) in [5.74, 6) is 0.392. The second kappa shape index (κ2) is 9.44. The van der Waals surface area contributed by atoms with E-state index >= 15 is 0 Å². The maximum absolute atomic E-state index is 13.3. The van der Waals surface area contributed by atoms with E-state index in [-0.39, 0.29) is 10.8 Å². The number of rotatable bonds is 7. The Morgan fingerprint density at radius 1 is 0.969 bits per heavy atom. The molecule has 0 aliphatic carbocycles. The van der Waals surface area contributed by atoms with Crippen LogP contribution in [0.4, 0.5) is 11.4 Å². The Morgan fingerprint density at radius 3 is 2.28 bits per heavy atom. The highest BCUT2D eigenvalue weighted by Gasteiger charge is 2.24. The highest BCUT2D eigenvalue weighted by atomic mass is 32.2. The van der Waals surface area contributed by atoms with Crippen LogP contribution >= 0.6 is 0 Å². The molecule has 6 nitrogen and oxygen atoms in total. The molecule has 1 amide bonds. The number of amides is 1. The van der Waals surface area contributed by atoms with Gasteiger partial charge in [0.25, 0.3) is 15.9 Å². The lowest BCUT2D eigenvalue weighted by Crippen LogP contribution is -2.32. The summed E-state index contributed by atoms with van der Waals surface area (Å²) in [5, 5.41) is 0. The zero-order valence-electron chi connectivity index (χ0n) is 19.0. The Hall–Kier alpha value is -3.32. The molecule has 0 fully saturated rings. The van der Waals surface area contributed by atoms with E-state index in [0.717, 1.165) is 16.8 Å². The van der Waals surface area contributed by atoms with Gasteiger partial charge in [-0.1, -0.05) is 18.2 Å². The van der Waals surface area contributed by atoms with Crippen molar-refractivity contribution in [1.29, 1.82) is 0 Å². The van der Waals surface area contributed by atoms with Crippen LogP contribution in [0.1, 0.15) is 28.4 Å². The summed E-state index contributed by atoms with van der Waals surface area (Å²) in [6.07, 6.45) is 0. The number of hydrogen-bond donors (Lipinski definition) is 0. The fourth-order valence-electron chi connectivity index (χ4n) is 3.47. The van der Waals surface area contributed by atoms with E-state index in [1.807, 2.05) is 39.0 Å². The molecule has 0 bridgehead atoms. The first kappa shape index (κ1) is 23.3. The summed E-state index contributed by atoms with van der Waals surface area (Å²) in [7, 11) is -0.820. The van der Waals surface area contributed by atoms with Crippen molar-refractivity contribution in [3.8, 4) is 5.75 Å². The third kappa shape index (κ3) is 4.62. The third-order valence-corrected chi connectivity index (χ3v) is 7.17. The van der Waals surface area contributed by atoms with Gasteiger partial charge in [0.15, 0.2) is 0 Å². The standard InChI is InChI=1S/C25H28N2O4S/c1-6-27(24-16-18(2)10-11-19(24)3)25(28)20-8-7-9-23(17-20)32(29,30)26(4)21-12-14-22(31-5)15-13-21/h7-17H,6H2,1-5H3. The molecule has 32 heavy (non-hydrogen) atoms. The van der Waals surface area contributed by atoms with Gasteiger partial charge in [-0.3, -0.25) is 9.10 Å². The van der Waals surface area contributed by atoms with Gasteiger partial charge in [-0.2, -0.15) is 0 Å². The van der Waals surface area contributed by atoms with Crippen LogP contribution in [0, 0.1) is 13.8 Å². The minimum atomic E-state index is -3.86. The highest BCUT2D eigenvalue weighted by molar-refractivity contribution is 7.92. The van der Waals surface area contributed by atoms with E-state index in [9.17, 15) is 13.2 Å². The van der Waals surface area contributed by atoms with Crippen LogP contribution in [0.25, 0.3) is 0 Å². The number of hydrogen-bond acceptors (Lipinski definition) is 4. The second-order valence-corrected chi connectivity index (χ2v) is 9.51. The zero-order chi connectivity index (χ0) is 23.5. The van der Waals surface area contributed by atoms with Crippen LogP contribution in [0.5, 0.6) is 5.75 Å². The minimum absolute atomic E-state index is 0.0543. The quantitative estimate of drug-likeness (QED) is 0.516. The number of nitrogens with zero attached hydrogens (tertiary/aromatic N) is 2. The van der Waals surface area contributed by atoms with Gasteiger partial charge >= 0.3 is 0 Å².